The van der Waals surface area contributed by atoms with Crippen molar-refractivity contribution in [1.82, 2.24) is 9.80 Å². The highest BCUT2D eigenvalue weighted by Gasteiger charge is 2.29. The minimum Gasteiger partial charge on any atom is -0.331 e. The molecule has 2 aromatic rings. The van der Waals surface area contributed by atoms with Crippen LogP contribution in [0.25, 0.3) is 0 Å². The summed E-state index contributed by atoms with van der Waals surface area (Å²) in [5.41, 5.74) is 3.54. The van der Waals surface area contributed by atoms with E-state index in [9.17, 15) is 13.2 Å². The van der Waals surface area contributed by atoms with Gasteiger partial charge in [-0.2, -0.15) is 0 Å². The summed E-state index contributed by atoms with van der Waals surface area (Å²) in [6, 6.07) is 15.7. The van der Waals surface area contributed by atoms with Gasteiger partial charge in [-0.3, -0.25) is 9.52 Å². The first-order valence-corrected chi connectivity index (χ1v) is 15.7. The molecule has 0 radical (unpaired) electrons. The molecule has 0 aromatic heterocycles. The lowest BCUT2D eigenvalue weighted by Crippen LogP contribution is -2.47. The molecule has 7 heteroatoms. The van der Waals surface area contributed by atoms with Crippen LogP contribution < -0.4 is 4.72 Å². The molecule has 0 aliphatic carbocycles. The maximum Gasteiger partial charge on any atom is 0.254 e. The number of rotatable bonds is 13. The van der Waals surface area contributed by atoms with Crippen LogP contribution in [0.5, 0.6) is 0 Å². The Kier molecular flexibility index (Phi) is 11.0. The summed E-state index contributed by atoms with van der Waals surface area (Å²) in [4.78, 5) is 18.3. The van der Waals surface area contributed by atoms with E-state index >= 15 is 0 Å². The number of likely N-dealkylation sites (tertiary alicyclic amines) is 1. The Morgan fingerprint density at radius 1 is 1.00 bits per heavy atom. The van der Waals surface area contributed by atoms with Crippen LogP contribution in [-0.2, 0) is 23.0 Å². The Hall–Kier alpha value is -2.38. The van der Waals surface area contributed by atoms with Gasteiger partial charge < -0.3 is 9.80 Å². The molecule has 1 aliphatic rings. The lowest BCUT2D eigenvalue weighted by atomic mass is 9.99. The minimum absolute atomic E-state index is 0.0686. The third-order valence-corrected chi connectivity index (χ3v) is 7.77. The van der Waals surface area contributed by atoms with E-state index in [0.29, 0.717) is 18.2 Å². The van der Waals surface area contributed by atoms with Crippen molar-refractivity contribution in [2.45, 2.75) is 78.3 Å². The standard InChI is InChI=1S/C30H45N3O3S/c1-5-6-7-8-25-9-13-27(14-10-25)30(34)33(29-18-21-32(22-19-29)20-17-24(2)3)23-26-11-15-28(16-12-26)31-37(4,35)36/h9-16,24,29,31H,5-8,17-23H2,1-4H3. The van der Waals surface area contributed by atoms with Crippen molar-refractivity contribution in [3.05, 3.63) is 65.2 Å². The monoisotopic (exact) mass is 527 g/mol. The van der Waals surface area contributed by atoms with Crippen LogP contribution in [0, 0.1) is 5.92 Å². The normalized spacial score (nSPS) is 15.2. The molecule has 0 unspecified atom stereocenters. The zero-order valence-electron chi connectivity index (χ0n) is 23.1. The Morgan fingerprint density at radius 3 is 2.19 bits per heavy atom. The highest BCUT2D eigenvalue weighted by Crippen LogP contribution is 2.23. The smallest absolute Gasteiger partial charge is 0.254 e. The number of hydrogen-bond acceptors (Lipinski definition) is 4. The van der Waals surface area contributed by atoms with Crippen molar-refractivity contribution in [2.75, 3.05) is 30.6 Å². The number of unbranched alkanes of at least 4 members (excludes halogenated alkanes) is 2. The molecular weight excluding hydrogens is 482 g/mol. The second-order valence-electron chi connectivity index (χ2n) is 10.9. The summed E-state index contributed by atoms with van der Waals surface area (Å²) in [6.07, 6.45) is 8.93. The van der Waals surface area contributed by atoms with E-state index in [4.69, 9.17) is 0 Å². The fraction of sp³-hybridized carbons (Fsp3) is 0.567. The van der Waals surface area contributed by atoms with Crippen molar-refractivity contribution >= 4 is 21.6 Å². The molecule has 1 heterocycles. The van der Waals surface area contributed by atoms with Crippen LogP contribution in [0.15, 0.2) is 48.5 Å². The van der Waals surface area contributed by atoms with Crippen LogP contribution in [0.2, 0.25) is 0 Å². The molecule has 1 aliphatic heterocycles. The third-order valence-electron chi connectivity index (χ3n) is 7.16. The number of benzene rings is 2. The molecule has 1 N–H and O–H groups in total. The number of hydrogen-bond donors (Lipinski definition) is 1. The maximum atomic E-state index is 13.8. The topological polar surface area (TPSA) is 69.7 Å². The van der Waals surface area contributed by atoms with Gasteiger partial charge in [-0.1, -0.05) is 57.9 Å². The van der Waals surface area contributed by atoms with Crippen LogP contribution in [-0.4, -0.2) is 56.1 Å². The predicted molar refractivity (Wildman–Crippen MR) is 153 cm³/mol. The molecule has 0 saturated carbocycles. The molecule has 1 saturated heterocycles. The number of nitrogens with zero attached hydrogens (tertiary/aromatic N) is 2. The van der Waals surface area contributed by atoms with Gasteiger partial charge in [0.1, 0.15) is 0 Å². The Balaban J connectivity index is 1.74. The predicted octanol–water partition coefficient (Wildman–Crippen LogP) is 5.94. The summed E-state index contributed by atoms with van der Waals surface area (Å²) in [7, 11) is -3.33. The second-order valence-corrected chi connectivity index (χ2v) is 12.7. The first-order chi connectivity index (χ1) is 17.6. The lowest BCUT2D eigenvalue weighted by Gasteiger charge is -2.39. The van der Waals surface area contributed by atoms with E-state index in [2.05, 4.69) is 42.5 Å². The number of piperidine rings is 1. The first-order valence-electron chi connectivity index (χ1n) is 13.8. The number of aryl methyl sites for hydroxylation is 1. The van der Waals surface area contributed by atoms with Gasteiger partial charge in [0.15, 0.2) is 0 Å². The molecule has 3 rings (SSSR count). The molecule has 0 bridgehead atoms. The number of carbonyl (C=O) groups is 1. The van der Waals surface area contributed by atoms with Crippen molar-refractivity contribution in [3.63, 3.8) is 0 Å². The van der Waals surface area contributed by atoms with Crippen molar-refractivity contribution in [3.8, 4) is 0 Å². The summed E-state index contributed by atoms with van der Waals surface area (Å²) in [5.74, 6) is 0.764. The molecule has 0 spiro atoms. The summed E-state index contributed by atoms with van der Waals surface area (Å²) < 4.78 is 25.6. The molecule has 1 fully saturated rings. The number of carbonyl (C=O) groups excluding carboxylic acids is 1. The van der Waals surface area contributed by atoms with Gasteiger partial charge in [0, 0.05) is 36.9 Å². The van der Waals surface area contributed by atoms with E-state index in [1.807, 2.05) is 29.2 Å². The Bertz CT molecular complexity index is 1070. The zero-order chi connectivity index (χ0) is 26.8. The zero-order valence-corrected chi connectivity index (χ0v) is 23.9. The van der Waals surface area contributed by atoms with Gasteiger partial charge >= 0.3 is 0 Å². The highest BCUT2D eigenvalue weighted by molar-refractivity contribution is 7.92. The molecule has 204 valence electrons. The molecular formula is C30H45N3O3S. The van der Waals surface area contributed by atoms with E-state index in [1.165, 1.54) is 31.2 Å². The van der Waals surface area contributed by atoms with E-state index in [1.54, 1.807) is 12.1 Å². The average molecular weight is 528 g/mol. The van der Waals surface area contributed by atoms with Crippen LogP contribution in [0.1, 0.15) is 80.8 Å². The second kappa shape index (κ2) is 14.0. The van der Waals surface area contributed by atoms with Gasteiger partial charge in [-0.05, 0) is 80.0 Å². The number of sulfonamides is 1. The fourth-order valence-corrected chi connectivity index (χ4v) is 5.47. The molecule has 37 heavy (non-hydrogen) atoms. The molecule has 1 amide bonds. The van der Waals surface area contributed by atoms with Crippen LogP contribution >= 0.6 is 0 Å². The number of amides is 1. The maximum absolute atomic E-state index is 13.8. The SMILES string of the molecule is CCCCCc1ccc(C(=O)N(Cc2ccc(NS(C)(=O)=O)cc2)C2CCN(CCC(C)C)CC2)cc1. The first kappa shape index (κ1) is 29.2. The van der Waals surface area contributed by atoms with Gasteiger partial charge in [0.2, 0.25) is 10.0 Å². The largest absolute Gasteiger partial charge is 0.331 e. The van der Waals surface area contributed by atoms with Crippen LogP contribution in [0.3, 0.4) is 0 Å². The van der Waals surface area contributed by atoms with Crippen molar-refractivity contribution in [1.29, 1.82) is 0 Å². The molecule has 0 atom stereocenters. The summed E-state index contributed by atoms with van der Waals surface area (Å²) >= 11 is 0. The Morgan fingerprint density at radius 2 is 1.62 bits per heavy atom. The number of anilines is 1. The number of nitrogens with one attached hydrogen (secondary N) is 1. The van der Waals surface area contributed by atoms with Gasteiger partial charge in [0.25, 0.3) is 5.91 Å². The van der Waals surface area contributed by atoms with E-state index < -0.39 is 10.0 Å². The minimum atomic E-state index is -3.33. The fourth-order valence-electron chi connectivity index (χ4n) is 4.91. The lowest BCUT2D eigenvalue weighted by molar-refractivity contribution is 0.0546. The van der Waals surface area contributed by atoms with Crippen molar-refractivity contribution < 1.29 is 13.2 Å². The highest BCUT2D eigenvalue weighted by atomic mass is 32.2. The Labute approximate surface area is 224 Å². The molecule has 2 aromatic carbocycles. The van der Waals surface area contributed by atoms with Gasteiger partial charge in [0.05, 0.1) is 6.26 Å². The average Bonchev–Trinajstić information content (AvgIpc) is 2.87. The van der Waals surface area contributed by atoms with Gasteiger partial charge in [-0.25, -0.2) is 8.42 Å². The van der Waals surface area contributed by atoms with Gasteiger partial charge in [-0.15, -0.1) is 0 Å². The quantitative estimate of drug-likeness (QED) is 0.327. The van der Waals surface area contributed by atoms with E-state index in [-0.39, 0.29) is 11.9 Å². The molecule has 6 nitrogen and oxygen atoms in total. The van der Waals surface area contributed by atoms with Crippen LogP contribution in [0.4, 0.5) is 5.69 Å². The van der Waals surface area contributed by atoms with E-state index in [0.717, 1.165) is 56.3 Å². The summed E-state index contributed by atoms with van der Waals surface area (Å²) in [5, 5.41) is 0. The third kappa shape index (κ3) is 9.78. The summed E-state index contributed by atoms with van der Waals surface area (Å²) in [6.45, 7) is 10.4. The van der Waals surface area contributed by atoms with Crippen molar-refractivity contribution in [2.24, 2.45) is 5.92 Å².